The van der Waals surface area contributed by atoms with Crippen molar-refractivity contribution in [1.82, 2.24) is 15.0 Å². The van der Waals surface area contributed by atoms with Crippen LogP contribution in [-0.2, 0) is 0 Å². The Morgan fingerprint density at radius 3 is 2.31 bits per heavy atom. The first-order chi connectivity index (χ1) is 7.56. The summed E-state index contributed by atoms with van der Waals surface area (Å²) in [6.45, 7) is 4.21. The lowest BCUT2D eigenvalue weighted by atomic mass is 10.3. The van der Waals surface area contributed by atoms with Crippen LogP contribution in [0.1, 0.15) is 20.3 Å². The van der Waals surface area contributed by atoms with Crippen molar-refractivity contribution in [1.29, 1.82) is 0 Å². The summed E-state index contributed by atoms with van der Waals surface area (Å²) >= 11 is 0. The molecular weight excluding hydrogens is 204 g/mol. The molecule has 16 heavy (non-hydrogen) atoms. The third kappa shape index (κ3) is 3.22. The summed E-state index contributed by atoms with van der Waals surface area (Å²) in [4.78, 5) is 14.7. The van der Waals surface area contributed by atoms with Crippen molar-refractivity contribution in [3.63, 3.8) is 0 Å². The van der Waals surface area contributed by atoms with Crippen LogP contribution in [0.15, 0.2) is 0 Å². The molecule has 1 aromatic rings. The van der Waals surface area contributed by atoms with E-state index in [0.29, 0.717) is 23.9 Å². The zero-order valence-electron chi connectivity index (χ0n) is 10.6. The number of rotatable bonds is 5. The molecule has 6 heteroatoms. The Morgan fingerprint density at radius 1 is 1.19 bits per heavy atom. The van der Waals surface area contributed by atoms with Crippen LogP contribution in [0.5, 0.6) is 0 Å². The second-order valence-electron chi connectivity index (χ2n) is 3.88. The van der Waals surface area contributed by atoms with E-state index < -0.39 is 0 Å². The molecule has 0 aliphatic rings. The van der Waals surface area contributed by atoms with Crippen molar-refractivity contribution in [2.24, 2.45) is 0 Å². The molecule has 0 saturated heterocycles. The minimum atomic E-state index is 0.349. The molecule has 0 amide bonds. The maximum atomic E-state index is 4.32. The molecule has 0 fully saturated rings. The third-order valence-corrected chi connectivity index (χ3v) is 2.24. The molecule has 1 aromatic heterocycles. The van der Waals surface area contributed by atoms with E-state index in [9.17, 15) is 0 Å². The minimum absolute atomic E-state index is 0.349. The summed E-state index contributed by atoms with van der Waals surface area (Å²) in [5.74, 6) is 1.83. The zero-order valence-corrected chi connectivity index (χ0v) is 10.6. The average molecular weight is 224 g/mol. The molecule has 90 valence electrons. The summed E-state index contributed by atoms with van der Waals surface area (Å²) in [7, 11) is 5.60. The predicted octanol–water partition coefficient (Wildman–Crippen LogP) is 1.19. The summed E-state index contributed by atoms with van der Waals surface area (Å²) in [6, 6.07) is 0.349. The molecule has 1 atom stereocenters. The Hall–Kier alpha value is -1.59. The predicted molar refractivity (Wildman–Crippen MR) is 67.1 cm³/mol. The van der Waals surface area contributed by atoms with Gasteiger partial charge in [0.15, 0.2) is 0 Å². The van der Waals surface area contributed by atoms with Gasteiger partial charge in [0.1, 0.15) is 0 Å². The highest BCUT2D eigenvalue weighted by molar-refractivity contribution is 5.42. The average Bonchev–Trinajstić information content (AvgIpc) is 2.28. The van der Waals surface area contributed by atoms with Crippen LogP contribution in [0.25, 0.3) is 0 Å². The molecule has 0 spiro atoms. The molecule has 0 bridgehead atoms. The molecule has 0 aliphatic carbocycles. The van der Waals surface area contributed by atoms with E-state index in [1.165, 1.54) is 0 Å². The van der Waals surface area contributed by atoms with Crippen LogP contribution in [0, 0.1) is 0 Å². The summed E-state index contributed by atoms with van der Waals surface area (Å²) in [5.41, 5.74) is 0. The second-order valence-corrected chi connectivity index (χ2v) is 3.88. The fourth-order valence-electron chi connectivity index (χ4n) is 1.06. The zero-order chi connectivity index (χ0) is 12.1. The standard InChI is InChI=1S/C10H20N6/c1-6-7(2)12-9-13-8(11-3)14-10(15-9)16(4)5/h7H,6H2,1-5H3,(H2,11,12,13,14,15). The SMILES string of the molecule is CCC(C)Nc1nc(NC)nc(N(C)C)n1. The lowest BCUT2D eigenvalue weighted by Gasteiger charge is -2.15. The van der Waals surface area contributed by atoms with Crippen LogP contribution in [0.3, 0.4) is 0 Å². The normalized spacial score (nSPS) is 12.1. The molecule has 1 heterocycles. The minimum Gasteiger partial charge on any atom is -0.357 e. The number of aromatic nitrogens is 3. The molecule has 6 nitrogen and oxygen atoms in total. The number of nitrogens with one attached hydrogen (secondary N) is 2. The number of hydrogen-bond acceptors (Lipinski definition) is 6. The Labute approximate surface area is 96.5 Å². The number of hydrogen-bond donors (Lipinski definition) is 2. The van der Waals surface area contributed by atoms with Gasteiger partial charge in [0.2, 0.25) is 17.8 Å². The lowest BCUT2D eigenvalue weighted by molar-refractivity contribution is 0.750. The van der Waals surface area contributed by atoms with Crippen molar-refractivity contribution >= 4 is 17.8 Å². The number of nitrogens with zero attached hydrogens (tertiary/aromatic N) is 4. The van der Waals surface area contributed by atoms with E-state index >= 15 is 0 Å². The quantitative estimate of drug-likeness (QED) is 0.783. The Morgan fingerprint density at radius 2 is 1.81 bits per heavy atom. The van der Waals surface area contributed by atoms with Crippen LogP contribution >= 0.6 is 0 Å². The van der Waals surface area contributed by atoms with Gasteiger partial charge in [-0.1, -0.05) is 6.92 Å². The summed E-state index contributed by atoms with van der Waals surface area (Å²) in [6.07, 6.45) is 1.03. The van der Waals surface area contributed by atoms with Crippen LogP contribution < -0.4 is 15.5 Å². The van der Waals surface area contributed by atoms with Gasteiger partial charge in [0.05, 0.1) is 0 Å². The first kappa shape index (κ1) is 12.5. The maximum Gasteiger partial charge on any atom is 0.231 e. The van der Waals surface area contributed by atoms with Crippen molar-refractivity contribution < 1.29 is 0 Å². The largest absolute Gasteiger partial charge is 0.357 e. The molecule has 1 rings (SSSR count). The van der Waals surface area contributed by atoms with E-state index in [-0.39, 0.29) is 0 Å². The van der Waals surface area contributed by atoms with Crippen molar-refractivity contribution in [3.8, 4) is 0 Å². The van der Waals surface area contributed by atoms with Gasteiger partial charge in [-0.3, -0.25) is 0 Å². The van der Waals surface area contributed by atoms with Crippen molar-refractivity contribution in [3.05, 3.63) is 0 Å². The Kier molecular flexibility index (Phi) is 4.28. The van der Waals surface area contributed by atoms with Crippen molar-refractivity contribution in [2.45, 2.75) is 26.3 Å². The molecule has 0 saturated carbocycles. The van der Waals surface area contributed by atoms with Crippen LogP contribution in [0.2, 0.25) is 0 Å². The van der Waals surface area contributed by atoms with Gasteiger partial charge in [-0.2, -0.15) is 15.0 Å². The number of anilines is 3. The highest BCUT2D eigenvalue weighted by atomic mass is 15.3. The first-order valence-electron chi connectivity index (χ1n) is 5.44. The highest BCUT2D eigenvalue weighted by Gasteiger charge is 2.08. The van der Waals surface area contributed by atoms with E-state index in [0.717, 1.165) is 6.42 Å². The molecule has 2 N–H and O–H groups in total. The van der Waals surface area contributed by atoms with Gasteiger partial charge < -0.3 is 15.5 Å². The van der Waals surface area contributed by atoms with Gasteiger partial charge in [-0.05, 0) is 13.3 Å². The topological polar surface area (TPSA) is 66.0 Å². The Balaban J connectivity index is 2.95. The lowest BCUT2D eigenvalue weighted by Crippen LogP contribution is -2.20. The monoisotopic (exact) mass is 224 g/mol. The maximum absolute atomic E-state index is 4.32. The van der Waals surface area contributed by atoms with E-state index in [1.54, 1.807) is 7.05 Å². The third-order valence-electron chi connectivity index (χ3n) is 2.24. The summed E-state index contributed by atoms with van der Waals surface area (Å²) in [5, 5.41) is 6.16. The van der Waals surface area contributed by atoms with Gasteiger partial charge >= 0.3 is 0 Å². The van der Waals surface area contributed by atoms with Gasteiger partial charge in [-0.25, -0.2) is 0 Å². The Bertz CT molecular complexity index is 338. The highest BCUT2D eigenvalue weighted by Crippen LogP contribution is 2.12. The van der Waals surface area contributed by atoms with Gasteiger partial charge in [0, 0.05) is 27.2 Å². The molecule has 1 unspecified atom stereocenters. The fraction of sp³-hybridized carbons (Fsp3) is 0.700. The first-order valence-corrected chi connectivity index (χ1v) is 5.44. The fourth-order valence-corrected chi connectivity index (χ4v) is 1.06. The van der Waals surface area contributed by atoms with E-state index in [2.05, 4.69) is 39.4 Å². The second kappa shape index (κ2) is 5.48. The van der Waals surface area contributed by atoms with E-state index in [1.807, 2.05) is 19.0 Å². The smallest absolute Gasteiger partial charge is 0.231 e. The van der Waals surface area contributed by atoms with Crippen molar-refractivity contribution in [2.75, 3.05) is 36.7 Å². The van der Waals surface area contributed by atoms with Crippen LogP contribution in [0.4, 0.5) is 17.8 Å². The molecule has 0 aromatic carbocycles. The summed E-state index contributed by atoms with van der Waals surface area (Å²) < 4.78 is 0. The van der Waals surface area contributed by atoms with E-state index in [4.69, 9.17) is 0 Å². The van der Waals surface area contributed by atoms with Gasteiger partial charge in [0.25, 0.3) is 0 Å². The van der Waals surface area contributed by atoms with Gasteiger partial charge in [-0.15, -0.1) is 0 Å². The molecular formula is C10H20N6. The molecule has 0 aliphatic heterocycles. The molecule has 0 radical (unpaired) electrons. The van der Waals surface area contributed by atoms with Crippen LogP contribution in [-0.4, -0.2) is 42.1 Å².